The van der Waals surface area contributed by atoms with E-state index < -0.39 is 0 Å². The fourth-order valence-corrected chi connectivity index (χ4v) is 2.77. The van der Waals surface area contributed by atoms with Gasteiger partial charge in [0.05, 0.1) is 6.04 Å². The Bertz CT molecular complexity index is 783. The van der Waals surface area contributed by atoms with Crippen LogP contribution in [0.3, 0.4) is 0 Å². The molecule has 3 aromatic rings. The predicted molar refractivity (Wildman–Crippen MR) is 85.2 cm³/mol. The lowest BCUT2D eigenvalue weighted by Gasteiger charge is -2.13. The number of halogens is 1. The van der Waals surface area contributed by atoms with Crippen LogP contribution in [0.5, 0.6) is 0 Å². The van der Waals surface area contributed by atoms with Crippen LogP contribution in [-0.2, 0) is 0 Å². The molecule has 3 rings (SSSR count). The lowest BCUT2D eigenvalue weighted by molar-refractivity contribution is 0.0934. The fraction of sp³-hybridized carbons (Fsp3) is 0.125. The molecular formula is C16H14BrN3O. The lowest BCUT2D eigenvalue weighted by Crippen LogP contribution is -2.27. The van der Waals surface area contributed by atoms with Gasteiger partial charge in [-0.25, -0.2) is 4.98 Å². The number of imidazole rings is 1. The maximum absolute atomic E-state index is 12.4. The number of rotatable bonds is 3. The van der Waals surface area contributed by atoms with Crippen LogP contribution in [-0.4, -0.2) is 15.3 Å². The molecule has 1 aromatic carbocycles. The van der Waals surface area contributed by atoms with E-state index in [2.05, 4.69) is 26.2 Å². The third-order valence-corrected chi connectivity index (χ3v) is 4.09. The van der Waals surface area contributed by atoms with Gasteiger partial charge in [0.2, 0.25) is 0 Å². The number of amides is 1. The molecule has 0 spiro atoms. The lowest BCUT2D eigenvalue weighted by atomic mass is 10.1. The van der Waals surface area contributed by atoms with E-state index >= 15 is 0 Å². The van der Waals surface area contributed by atoms with Crippen molar-refractivity contribution in [1.29, 1.82) is 0 Å². The molecule has 106 valence electrons. The number of pyridine rings is 1. The van der Waals surface area contributed by atoms with Gasteiger partial charge < -0.3 is 5.32 Å². The Morgan fingerprint density at radius 1 is 1.19 bits per heavy atom. The second-order valence-corrected chi connectivity index (χ2v) is 5.54. The summed E-state index contributed by atoms with van der Waals surface area (Å²) in [7, 11) is 0. The summed E-state index contributed by atoms with van der Waals surface area (Å²) in [6, 6.07) is 15.4. The highest BCUT2D eigenvalue weighted by Crippen LogP contribution is 2.20. The standard InChI is InChI=1S/C16H14BrN3O/c1-11(12-7-3-2-4-8-12)18-16(21)14-15(17)20-10-6-5-9-13(20)19-14/h2-11H,1H3,(H,18,21). The average molecular weight is 344 g/mol. The number of carbonyl (C=O) groups excluding carboxylic acids is 1. The average Bonchev–Trinajstić information content (AvgIpc) is 2.86. The number of aromatic nitrogens is 2. The zero-order valence-corrected chi connectivity index (χ0v) is 13.0. The van der Waals surface area contributed by atoms with Gasteiger partial charge in [0.25, 0.3) is 5.91 Å². The highest BCUT2D eigenvalue weighted by molar-refractivity contribution is 9.10. The number of nitrogens with zero attached hydrogens (tertiary/aromatic N) is 2. The van der Waals surface area contributed by atoms with Crippen molar-refractivity contribution >= 4 is 27.5 Å². The molecular weight excluding hydrogens is 330 g/mol. The second-order valence-electron chi connectivity index (χ2n) is 4.79. The maximum atomic E-state index is 12.4. The molecule has 0 radical (unpaired) electrons. The molecule has 4 nitrogen and oxygen atoms in total. The summed E-state index contributed by atoms with van der Waals surface area (Å²) in [5, 5.41) is 2.97. The van der Waals surface area contributed by atoms with Crippen molar-refractivity contribution in [2.75, 3.05) is 0 Å². The topological polar surface area (TPSA) is 46.4 Å². The molecule has 0 fully saturated rings. The summed E-state index contributed by atoms with van der Waals surface area (Å²) in [4.78, 5) is 16.8. The summed E-state index contributed by atoms with van der Waals surface area (Å²) in [5.74, 6) is -0.193. The van der Waals surface area contributed by atoms with Gasteiger partial charge in [-0.15, -0.1) is 0 Å². The first-order chi connectivity index (χ1) is 10.2. The number of hydrogen-bond donors (Lipinski definition) is 1. The first-order valence-electron chi connectivity index (χ1n) is 6.65. The van der Waals surface area contributed by atoms with E-state index in [1.54, 1.807) is 0 Å². The summed E-state index contributed by atoms with van der Waals surface area (Å²) < 4.78 is 2.50. The van der Waals surface area contributed by atoms with Gasteiger partial charge in [0.1, 0.15) is 10.3 Å². The first kappa shape index (κ1) is 13.8. The monoisotopic (exact) mass is 343 g/mol. The minimum atomic E-state index is -0.193. The van der Waals surface area contributed by atoms with Crippen molar-refractivity contribution < 1.29 is 4.79 Å². The van der Waals surface area contributed by atoms with Crippen molar-refractivity contribution in [2.24, 2.45) is 0 Å². The Hall–Kier alpha value is -2.14. The van der Waals surface area contributed by atoms with Gasteiger partial charge in [0, 0.05) is 6.20 Å². The highest BCUT2D eigenvalue weighted by Gasteiger charge is 2.18. The smallest absolute Gasteiger partial charge is 0.273 e. The van der Waals surface area contributed by atoms with E-state index in [4.69, 9.17) is 0 Å². The Balaban J connectivity index is 1.86. The Labute approximate surface area is 131 Å². The van der Waals surface area contributed by atoms with Gasteiger partial charge >= 0.3 is 0 Å². The molecule has 1 amide bonds. The van der Waals surface area contributed by atoms with Gasteiger partial charge in [-0.1, -0.05) is 36.4 Å². The van der Waals surface area contributed by atoms with Crippen LogP contribution in [0, 0.1) is 0 Å². The molecule has 0 saturated carbocycles. The Morgan fingerprint density at radius 2 is 1.90 bits per heavy atom. The van der Waals surface area contributed by atoms with Crippen molar-refractivity contribution in [3.63, 3.8) is 0 Å². The fourth-order valence-electron chi connectivity index (χ4n) is 2.20. The molecule has 21 heavy (non-hydrogen) atoms. The van der Waals surface area contributed by atoms with Gasteiger partial charge in [-0.3, -0.25) is 9.20 Å². The molecule has 0 aliphatic carbocycles. The number of carbonyl (C=O) groups is 1. The van der Waals surface area contributed by atoms with Gasteiger partial charge in [0.15, 0.2) is 5.69 Å². The van der Waals surface area contributed by atoms with Crippen LogP contribution in [0.15, 0.2) is 59.3 Å². The van der Waals surface area contributed by atoms with Crippen LogP contribution in [0.25, 0.3) is 5.65 Å². The molecule has 0 saturated heterocycles. The van der Waals surface area contributed by atoms with Gasteiger partial charge in [-0.2, -0.15) is 0 Å². The van der Waals surface area contributed by atoms with E-state index in [-0.39, 0.29) is 11.9 Å². The zero-order valence-electron chi connectivity index (χ0n) is 11.5. The quantitative estimate of drug-likeness (QED) is 0.789. The Morgan fingerprint density at radius 3 is 2.62 bits per heavy atom. The van der Waals surface area contributed by atoms with Crippen molar-refractivity contribution in [2.45, 2.75) is 13.0 Å². The van der Waals surface area contributed by atoms with E-state index in [1.165, 1.54) is 0 Å². The van der Waals surface area contributed by atoms with Crippen molar-refractivity contribution in [3.8, 4) is 0 Å². The summed E-state index contributed by atoms with van der Waals surface area (Å²) in [6.07, 6.45) is 1.86. The number of hydrogen-bond acceptors (Lipinski definition) is 2. The molecule has 0 bridgehead atoms. The van der Waals surface area contributed by atoms with Crippen LogP contribution in [0.2, 0.25) is 0 Å². The highest BCUT2D eigenvalue weighted by atomic mass is 79.9. The molecule has 0 aliphatic heterocycles. The number of fused-ring (bicyclic) bond motifs is 1. The predicted octanol–water partition coefficient (Wildman–Crippen LogP) is 3.59. The molecule has 5 heteroatoms. The van der Waals surface area contributed by atoms with Gasteiger partial charge in [-0.05, 0) is 40.5 Å². The van der Waals surface area contributed by atoms with Crippen LogP contribution < -0.4 is 5.32 Å². The SMILES string of the molecule is CC(NC(=O)c1nc2ccccn2c1Br)c1ccccc1. The van der Waals surface area contributed by atoms with E-state index in [0.717, 1.165) is 11.2 Å². The first-order valence-corrected chi connectivity index (χ1v) is 7.44. The molecule has 0 aliphatic rings. The normalized spacial score (nSPS) is 12.3. The summed E-state index contributed by atoms with van der Waals surface area (Å²) >= 11 is 3.44. The largest absolute Gasteiger partial charge is 0.344 e. The Kier molecular flexibility index (Phi) is 3.75. The van der Waals surface area contributed by atoms with E-state index in [1.807, 2.05) is 66.1 Å². The molecule has 2 heterocycles. The van der Waals surface area contributed by atoms with Crippen molar-refractivity contribution in [3.05, 3.63) is 70.6 Å². The molecule has 1 N–H and O–H groups in total. The summed E-state index contributed by atoms with van der Waals surface area (Å²) in [5.41, 5.74) is 2.19. The van der Waals surface area contributed by atoms with Crippen LogP contribution in [0.4, 0.5) is 0 Å². The third-order valence-electron chi connectivity index (χ3n) is 3.33. The molecule has 1 atom stereocenters. The van der Waals surface area contributed by atoms with E-state index in [9.17, 15) is 4.79 Å². The maximum Gasteiger partial charge on any atom is 0.273 e. The number of benzene rings is 1. The number of nitrogens with one attached hydrogen (secondary N) is 1. The molecule has 1 unspecified atom stereocenters. The van der Waals surface area contributed by atoms with Crippen molar-refractivity contribution in [1.82, 2.24) is 14.7 Å². The third kappa shape index (κ3) is 2.69. The summed E-state index contributed by atoms with van der Waals surface area (Å²) in [6.45, 7) is 1.96. The molecule has 2 aromatic heterocycles. The zero-order chi connectivity index (χ0) is 14.8. The van der Waals surface area contributed by atoms with Crippen LogP contribution in [0.1, 0.15) is 29.0 Å². The van der Waals surface area contributed by atoms with Crippen LogP contribution >= 0.6 is 15.9 Å². The van der Waals surface area contributed by atoms with E-state index in [0.29, 0.717) is 10.3 Å². The minimum absolute atomic E-state index is 0.0737. The second kappa shape index (κ2) is 5.69. The minimum Gasteiger partial charge on any atom is -0.344 e.